The van der Waals surface area contributed by atoms with Gasteiger partial charge in [-0.2, -0.15) is 0 Å². The van der Waals surface area contributed by atoms with E-state index in [1.54, 1.807) is 7.11 Å². The maximum Gasteiger partial charge on any atom is 0.231 e. The van der Waals surface area contributed by atoms with Crippen LogP contribution in [0.2, 0.25) is 0 Å². The first-order chi connectivity index (χ1) is 18.1. The van der Waals surface area contributed by atoms with Crippen LogP contribution in [0.25, 0.3) is 11.3 Å². The van der Waals surface area contributed by atoms with Gasteiger partial charge in [-0.25, -0.2) is 4.68 Å². The summed E-state index contributed by atoms with van der Waals surface area (Å²) in [5.41, 5.74) is 9.60. The molecular formula is C28H36N7O2+. The van der Waals surface area contributed by atoms with Gasteiger partial charge in [0.1, 0.15) is 17.5 Å². The van der Waals surface area contributed by atoms with Crippen molar-refractivity contribution in [2.75, 3.05) is 57.0 Å². The number of para-hydroxylation sites is 2. The predicted molar refractivity (Wildman–Crippen MR) is 142 cm³/mol. The maximum atomic E-state index is 13.6. The molecule has 4 aliphatic heterocycles. The van der Waals surface area contributed by atoms with E-state index in [0.29, 0.717) is 17.9 Å². The van der Waals surface area contributed by atoms with E-state index < -0.39 is 0 Å². The Balaban J connectivity index is 1.05. The summed E-state index contributed by atoms with van der Waals surface area (Å²) in [6, 6.07) is 16.4. The lowest BCUT2D eigenvalue weighted by Crippen LogP contribution is -3.20. The highest BCUT2D eigenvalue weighted by molar-refractivity contribution is 5.80. The molecule has 3 aromatic rings. The van der Waals surface area contributed by atoms with Crippen LogP contribution in [0, 0.1) is 11.8 Å². The van der Waals surface area contributed by atoms with Crippen molar-refractivity contribution in [2.45, 2.75) is 25.4 Å². The van der Waals surface area contributed by atoms with Gasteiger partial charge in [0.15, 0.2) is 0 Å². The Morgan fingerprint density at radius 3 is 2.73 bits per heavy atom. The highest BCUT2D eigenvalue weighted by atomic mass is 16.5. The summed E-state index contributed by atoms with van der Waals surface area (Å²) in [5, 5.41) is 8.77. The van der Waals surface area contributed by atoms with Crippen LogP contribution in [0.1, 0.15) is 12.8 Å². The van der Waals surface area contributed by atoms with Gasteiger partial charge in [-0.3, -0.25) is 4.79 Å². The summed E-state index contributed by atoms with van der Waals surface area (Å²) in [7, 11) is 1.71. The zero-order valence-corrected chi connectivity index (χ0v) is 21.4. The Hall–Kier alpha value is -3.59. The molecule has 9 nitrogen and oxygen atoms in total. The molecular weight excluding hydrogens is 466 g/mol. The monoisotopic (exact) mass is 502 g/mol. The van der Waals surface area contributed by atoms with Crippen LogP contribution in [0.3, 0.4) is 0 Å². The number of piperidine rings is 3. The Morgan fingerprint density at radius 2 is 1.97 bits per heavy atom. The van der Waals surface area contributed by atoms with E-state index in [1.165, 1.54) is 4.90 Å². The van der Waals surface area contributed by atoms with Gasteiger partial charge in [0.2, 0.25) is 5.91 Å². The summed E-state index contributed by atoms with van der Waals surface area (Å²) in [4.78, 5) is 19.6. The Bertz CT molecular complexity index is 1250. The topological polar surface area (TPSA) is 94.0 Å². The van der Waals surface area contributed by atoms with Crippen molar-refractivity contribution >= 4 is 17.3 Å². The smallest absolute Gasteiger partial charge is 0.231 e. The molecule has 4 fully saturated rings. The number of benzene rings is 2. The number of fused-ring (bicyclic) bond motifs is 3. The third kappa shape index (κ3) is 4.75. The van der Waals surface area contributed by atoms with Gasteiger partial charge in [-0.1, -0.05) is 29.5 Å². The summed E-state index contributed by atoms with van der Waals surface area (Å²) in [6.07, 6.45) is 4.22. The highest BCUT2D eigenvalue weighted by Gasteiger charge is 2.48. The summed E-state index contributed by atoms with van der Waals surface area (Å²) >= 11 is 0. The Labute approximate surface area is 217 Å². The van der Waals surface area contributed by atoms with E-state index >= 15 is 0 Å². The lowest BCUT2D eigenvalue weighted by atomic mass is 9.75. The third-order valence-electron chi connectivity index (χ3n) is 8.51. The van der Waals surface area contributed by atoms with Crippen molar-refractivity contribution in [1.82, 2.24) is 19.9 Å². The molecule has 4 saturated heterocycles. The van der Waals surface area contributed by atoms with Crippen LogP contribution in [0.4, 0.5) is 11.4 Å². The molecule has 0 saturated carbocycles. The number of hydrogen-bond donors (Lipinski definition) is 2. The number of carbonyl (C=O) groups excluding carboxylic acids is 1. The SMILES string of the molecule is COc1ccccc1N1CCN(C(=O)[C@H]2C[NH+]3CC[C@H]2C[C@@H]3Cn2cc(-c3cccc(N)c3)nn2)CC1. The van der Waals surface area contributed by atoms with E-state index in [2.05, 4.69) is 26.2 Å². The van der Waals surface area contributed by atoms with Gasteiger partial charge in [0.25, 0.3) is 0 Å². The number of carbonyl (C=O) groups is 1. The molecule has 4 aliphatic rings. The number of nitrogens with zero attached hydrogens (tertiary/aromatic N) is 5. The van der Waals surface area contributed by atoms with Crippen LogP contribution in [-0.4, -0.2) is 78.2 Å². The predicted octanol–water partition coefficient (Wildman–Crippen LogP) is 1.18. The number of hydrogen-bond acceptors (Lipinski definition) is 6. The summed E-state index contributed by atoms with van der Waals surface area (Å²) < 4.78 is 7.51. The lowest BCUT2D eigenvalue weighted by Gasteiger charge is -2.47. The first-order valence-electron chi connectivity index (χ1n) is 13.4. The molecule has 2 aromatic carbocycles. The minimum Gasteiger partial charge on any atom is -0.495 e. The normalized spacial score (nSPS) is 25.3. The standard InChI is InChI=1S/C28H35N7O2/c1-37-27-8-3-2-7-26(27)32-11-13-33(14-12-32)28(36)24-18-34-10-9-20(24)16-23(34)17-35-19-25(30-31-35)21-5-4-6-22(29)15-21/h2-8,15,19-20,23-24H,9-14,16-18,29H2,1H3/p+1/t20-,23+,24-/m0/s1. The van der Waals surface area contributed by atoms with Crippen molar-refractivity contribution in [3.05, 3.63) is 54.7 Å². The molecule has 9 heteroatoms. The number of ether oxygens (including phenoxy) is 1. The van der Waals surface area contributed by atoms with Gasteiger partial charge in [-0.15, -0.1) is 5.10 Å². The molecule has 2 bridgehead atoms. The van der Waals surface area contributed by atoms with Crippen molar-refractivity contribution in [3.63, 3.8) is 0 Å². The minimum atomic E-state index is 0.136. The summed E-state index contributed by atoms with van der Waals surface area (Å²) in [5.74, 6) is 1.84. The second-order valence-electron chi connectivity index (χ2n) is 10.6. The number of nitrogen functional groups attached to an aromatic ring is 1. The van der Waals surface area contributed by atoms with Gasteiger partial charge in [0, 0.05) is 50.3 Å². The van der Waals surface area contributed by atoms with Gasteiger partial charge in [-0.05, 0) is 30.2 Å². The average molecular weight is 503 g/mol. The molecule has 1 amide bonds. The van der Waals surface area contributed by atoms with E-state index in [1.807, 2.05) is 53.3 Å². The minimum absolute atomic E-state index is 0.136. The molecule has 7 rings (SSSR count). The van der Waals surface area contributed by atoms with Crippen molar-refractivity contribution in [2.24, 2.45) is 11.8 Å². The van der Waals surface area contributed by atoms with E-state index in [9.17, 15) is 4.79 Å². The fourth-order valence-corrected chi connectivity index (χ4v) is 6.54. The second-order valence-corrected chi connectivity index (χ2v) is 10.6. The van der Waals surface area contributed by atoms with Crippen LogP contribution in [0.15, 0.2) is 54.7 Å². The van der Waals surface area contributed by atoms with Crippen LogP contribution in [0.5, 0.6) is 5.75 Å². The van der Waals surface area contributed by atoms with E-state index in [0.717, 1.165) is 87.0 Å². The fourth-order valence-electron chi connectivity index (χ4n) is 6.54. The molecule has 0 radical (unpaired) electrons. The number of rotatable bonds is 6. The van der Waals surface area contributed by atoms with Crippen molar-refractivity contribution < 1.29 is 14.4 Å². The van der Waals surface area contributed by atoms with Crippen LogP contribution >= 0.6 is 0 Å². The van der Waals surface area contributed by atoms with Crippen LogP contribution in [-0.2, 0) is 11.3 Å². The molecule has 4 atom stereocenters. The highest BCUT2D eigenvalue weighted by Crippen LogP contribution is 2.31. The number of aromatic nitrogens is 3. The number of amides is 1. The first-order valence-corrected chi connectivity index (χ1v) is 13.4. The quantitative estimate of drug-likeness (QED) is 0.492. The molecule has 0 spiro atoms. The molecule has 0 aliphatic carbocycles. The first kappa shape index (κ1) is 23.8. The zero-order chi connectivity index (χ0) is 25.4. The Kier molecular flexibility index (Phi) is 6.46. The van der Waals surface area contributed by atoms with Gasteiger partial charge >= 0.3 is 0 Å². The third-order valence-corrected chi connectivity index (χ3v) is 8.51. The number of piperazine rings is 1. The average Bonchev–Trinajstić information content (AvgIpc) is 3.41. The molecule has 5 heterocycles. The molecule has 37 heavy (non-hydrogen) atoms. The Morgan fingerprint density at radius 1 is 1.14 bits per heavy atom. The summed E-state index contributed by atoms with van der Waals surface area (Å²) in [6.45, 7) is 6.11. The molecule has 3 N–H and O–H groups in total. The van der Waals surface area contributed by atoms with E-state index in [-0.39, 0.29) is 5.92 Å². The number of methoxy groups -OCH3 is 1. The number of quaternary nitrogens is 1. The van der Waals surface area contributed by atoms with Crippen molar-refractivity contribution in [3.8, 4) is 17.0 Å². The van der Waals surface area contributed by atoms with Crippen molar-refractivity contribution in [1.29, 1.82) is 0 Å². The zero-order valence-electron chi connectivity index (χ0n) is 21.4. The number of nitrogens with one attached hydrogen (secondary N) is 1. The van der Waals surface area contributed by atoms with Crippen LogP contribution < -0.4 is 20.3 Å². The second kappa shape index (κ2) is 10.0. The van der Waals surface area contributed by atoms with Gasteiger partial charge < -0.3 is 25.2 Å². The molecule has 1 aromatic heterocycles. The number of anilines is 2. The maximum absolute atomic E-state index is 13.6. The fraction of sp³-hybridized carbons (Fsp3) is 0.464. The van der Waals surface area contributed by atoms with E-state index in [4.69, 9.17) is 10.5 Å². The molecule has 194 valence electrons. The molecule has 1 unspecified atom stereocenters. The largest absolute Gasteiger partial charge is 0.495 e. The lowest BCUT2D eigenvalue weighted by molar-refractivity contribution is -0.945. The number of nitrogens with two attached hydrogens (primary N) is 1. The van der Waals surface area contributed by atoms with Gasteiger partial charge in [0.05, 0.1) is 44.5 Å².